The Morgan fingerprint density at radius 3 is 2.04 bits per heavy atom. The number of esters is 2. The molecule has 126 valence electrons. The van der Waals surface area contributed by atoms with Gasteiger partial charge in [0.15, 0.2) is 0 Å². The largest absolute Gasteiger partial charge is 0.495 e. The van der Waals surface area contributed by atoms with Crippen molar-refractivity contribution < 1.29 is 28.6 Å². The van der Waals surface area contributed by atoms with Crippen molar-refractivity contribution in [1.82, 2.24) is 0 Å². The monoisotopic (exact) mass is 324 g/mol. The van der Waals surface area contributed by atoms with Crippen LogP contribution in [0.5, 0.6) is 5.75 Å². The maximum atomic E-state index is 11.6. The zero-order valence-corrected chi connectivity index (χ0v) is 13.5. The molecule has 0 aliphatic carbocycles. The Labute approximate surface area is 134 Å². The van der Waals surface area contributed by atoms with Crippen molar-refractivity contribution in [2.45, 2.75) is 6.92 Å². The van der Waals surface area contributed by atoms with Crippen LogP contribution in [0.3, 0.4) is 0 Å². The van der Waals surface area contributed by atoms with E-state index in [0.29, 0.717) is 17.1 Å². The third-order valence-electron chi connectivity index (χ3n) is 2.94. The van der Waals surface area contributed by atoms with Gasteiger partial charge in [-0.15, -0.1) is 0 Å². The lowest BCUT2D eigenvalue weighted by atomic mass is 10.2. The van der Waals surface area contributed by atoms with E-state index in [2.05, 4.69) is 14.8 Å². The molecule has 0 unspecified atom stereocenters. The third kappa shape index (κ3) is 5.50. The number of hydrogen-bond donors (Lipinski definition) is 1. The molecule has 23 heavy (non-hydrogen) atoms. The summed E-state index contributed by atoms with van der Waals surface area (Å²) in [5.74, 6) is -0.859. The second kappa shape index (κ2) is 8.62. The molecule has 0 spiro atoms. The quantitative estimate of drug-likeness (QED) is 0.742. The second-order valence-corrected chi connectivity index (χ2v) is 4.58. The summed E-state index contributed by atoms with van der Waals surface area (Å²) >= 11 is 0. The fraction of sp³-hybridized carbons (Fsp3) is 0.400. The number of nitrogens with zero attached hydrogens (tertiary/aromatic N) is 1. The first kappa shape index (κ1) is 18.3. The van der Waals surface area contributed by atoms with Crippen LogP contribution >= 0.6 is 0 Å². The fourth-order valence-corrected chi connectivity index (χ4v) is 1.89. The van der Waals surface area contributed by atoms with Gasteiger partial charge in [0.25, 0.3) is 0 Å². The summed E-state index contributed by atoms with van der Waals surface area (Å²) in [6.07, 6.45) is 0. The van der Waals surface area contributed by atoms with Crippen molar-refractivity contribution in [2.24, 2.45) is 0 Å². The summed E-state index contributed by atoms with van der Waals surface area (Å²) in [6, 6.07) is 4.88. The third-order valence-corrected chi connectivity index (χ3v) is 2.94. The smallest absolute Gasteiger partial charge is 0.325 e. The van der Waals surface area contributed by atoms with Gasteiger partial charge in [0.2, 0.25) is 5.91 Å². The van der Waals surface area contributed by atoms with Crippen molar-refractivity contribution in [3.8, 4) is 5.75 Å². The van der Waals surface area contributed by atoms with E-state index in [0.717, 1.165) is 0 Å². The zero-order chi connectivity index (χ0) is 17.4. The molecule has 1 aromatic rings. The average molecular weight is 324 g/mol. The van der Waals surface area contributed by atoms with Gasteiger partial charge in [0.05, 0.1) is 27.0 Å². The first-order valence-corrected chi connectivity index (χ1v) is 6.75. The molecule has 0 atom stereocenters. The maximum absolute atomic E-state index is 11.6. The van der Waals surface area contributed by atoms with Gasteiger partial charge >= 0.3 is 11.9 Å². The molecule has 0 fully saturated rings. The normalized spacial score (nSPS) is 9.74. The molecule has 0 heterocycles. The first-order chi connectivity index (χ1) is 10.9. The second-order valence-electron chi connectivity index (χ2n) is 4.58. The Balaban J connectivity index is 3.21. The highest BCUT2D eigenvalue weighted by atomic mass is 16.5. The molecule has 0 aliphatic rings. The molecular weight excluding hydrogens is 304 g/mol. The number of carbonyl (C=O) groups excluding carboxylic acids is 3. The van der Waals surface area contributed by atoms with Crippen LogP contribution in [0.15, 0.2) is 18.2 Å². The lowest BCUT2D eigenvalue weighted by Crippen LogP contribution is -2.36. The van der Waals surface area contributed by atoms with E-state index in [-0.39, 0.29) is 19.0 Å². The van der Waals surface area contributed by atoms with Crippen LogP contribution in [0.2, 0.25) is 0 Å². The minimum absolute atomic E-state index is 0.175. The Morgan fingerprint density at radius 2 is 1.61 bits per heavy atom. The molecule has 1 rings (SSSR count). The number of methoxy groups -OCH3 is 3. The van der Waals surface area contributed by atoms with E-state index in [1.165, 1.54) is 33.2 Å². The van der Waals surface area contributed by atoms with E-state index in [1.54, 1.807) is 18.2 Å². The van der Waals surface area contributed by atoms with Crippen LogP contribution in [-0.4, -0.2) is 52.3 Å². The van der Waals surface area contributed by atoms with Crippen molar-refractivity contribution in [3.63, 3.8) is 0 Å². The summed E-state index contributed by atoms with van der Waals surface area (Å²) < 4.78 is 14.5. The minimum atomic E-state index is -0.527. The highest BCUT2D eigenvalue weighted by Crippen LogP contribution is 2.31. The molecule has 0 aromatic heterocycles. The first-order valence-electron chi connectivity index (χ1n) is 6.75. The molecule has 0 aliphatic heterocycles. The molecule has 0 saturated carbocycles. The Bertz CT molecular complexity index is 569. The number of anilines is 2. The van der Waals surface area contributed by atoms with Gasteiger partial charge in [-0.25, -0.2) is 0 Å². The van der Waals surface area contributed by atoms with Crippen molar-refractivity contribution in [1.29, 1.82) is 0 Å². The highest BCUT2D eigenvalue weighted by molar-refractivity contribution is 5.90. The fourth-order valence-electron chi connectivity index (χ4n) is 1.89. The summed E-state index contributed by atoms with van der Waals surface area (Å²) in [6.45, 7) is 1.03. The summed E-state index contributed by atoms with van der Waals surface area (Å²) in [5.41, 5.74) is 0.961. The number of hydrogen-bond acceptors (Lipinski definition) is 7. The number of ether oxygens (including phenoxy) is 3. The number of carbonyl (C=O) groups is 3. The number of rotatable bonds is 7. The average Bonchev–Trinajstić information content (AvgIpc) is 2.53. The predicted octanol–water partition coefficient (Wildman–Crippen LogP) is 0.806. The molecule has 1 amide bonds. The van der Waals surface area contributed by atoms with E-state index in [1.807, 2.05) is 0 Å². The maximum Gasteiger partial charge on any atom is 0.325 e. The van der Waals surface area contributed by atoms with Crippen LogP contribution < -0.4 is 15.0 Å². The number of benzene rings is 1. The highest BCUT2D eigenvalue weighted by Gasteiger charge is 2.20. The van der Waals surface area contributed by atoms with E-state index in [4.69, 9.17) is 4.74 Å². The lowest BCUT2D eigenvalue weighted by molar-refractivity contribution is -0.140. The molecule has 1 aromatic carbocycles. The summed E-state index contributed by atoms with van der Waals surface area (Å²) in [7, 11) is 3.97. The number of amides is 1. The van der Waals surface area contributed by atoms with Gasteiger partial charge in [-0.3, -0.25) is 14.4 Å². The Morgan fingerprint density at radius 1 is 1.04 bits per heavy atom. The van der Waals surface area contributed by atoms with E-state index >= 15 is 0 Å². The van der Waals surface area contributed by atoms with Gasteiger partial charge in [-0.05, 0) is 18.2 Å². The van der Waals surface area contributed by atoms with Gasteiger partial charge in [-0.2, -0.15) is 0 Å². The minimum Gasteiger partial charge on any atom is -0.495 e. The van der Waals surface area contributed by atoms with E-state index in [9.17, 15) is 14.4 Å². The molecule has 0 radical (unpaired) electrons. The van der Waals surface area contributed by atoms with Crippen molar-refractivity contribution in [3.05, 3.63) is 18.2 Å². The van der Waals surface area contributed by atoms with Crippen LogP contribution in [0.25, 0.3) is 0 Å². The van der Waals surface area contributed by atoms with Gasteiger partial charge in [0, 0.05) is 12.6 Å². The number of nitrogens with one attached hydrogen (secondary N) is 1. The van der Waals surface area contributed by atoms with Crippen molar-refractivity contribution >= 4 is 29.2 Å². The zero-order valence-electron chi connectivity index (χ0n) is 13.5. The topological polar surface area (TPSA) is 94.2 Å². The SMILES string of the molecule is COC(=O)CN(CC(=O)OC)c1cc(NC(C)=O)ccc1OC. The summed E-state index contributed by atoms with van der Waals surface area (Å²) in [4.78, 5) is 35.8. The van der Waals surface area contributed by atoms with Crippen LogP contribution in [0.1, 0.15) is 6.92 Å². The summed E-state index contributed by atoms with van der Waals surface area (Å²) in [5, 5.41) is 2.63. The van der Waals surface area contributed by atoms with Gasteiger partial charge in [0.1, 0.15) is 18.8 Å². The molecule has 0 bridgehead atoms. The lowest BCUT2D eigenvalue weighted by Gasteiger charge is -2.24. The predicted molar refractivity (Wildman–Crippen MR) is 83.5 cm³/mol. The van der Waals surface area contributed by atoms with E-state index < -0.39 is 11.9 Å². The van der Waals surface area contributed by atoms with Gasteiger partial charge < -0.3 is 24.4 Å². The standard InChI is InChI=1S/C15H20N2O6/c1-10(18)16-11-5-6-13(21-2)12(7-11)17(8-14(19)22-3)9-15(20)23-4/h5-7H,8-9H2,1-4H3,(H,16,18). The van der Waals surface area contributed by atoms with Crippen LogP contribution in [-0.2, 0) is 23.9 Å². The van der Waals surface area contributed by atoms with Crippen molar-refractivity contribution in [2.75, 3.05) is 44.6 Å². The molecule has 0 saturated heterocycles. The Kier molecular flexibility index (Phi) is 6.85. The van der Waals surface area contributed by atoms with Gasteiger partial charge in [-0.1, -0.05) is 0 Å². The molecular formula is C15H20N2O6. The molecule has 1 N–H and O–H groups in total. The Hall–Kier alpha value is -2.77. The van der Waals surface area contributed by atoms with Crippen LogP contribution in [0.4, 0.5) is 11.4 Å². The molecule has 8 heteroatoms. The molecule has 8 nitrogen and oxygen atoms in total. The van der Waals surface area contributed by atoms with Crippen LogP contribution in [0, 0.1) is 0 Å².